The highest BCUT2D eigenvalue weighted by atomic mass is 35.5. The SMILES string of the molecule is COC(=O)c1c(Cl)nsc1N. The van der Waals surface area contributed by atoms with Crippen molar-refractivity contribution in [2.75, 3.05) is 12.8 Å². The monoisotopic (exact) mass is 192 g/mol. The van der Waals surface area contributed by atoms with E-state index in [2.05, 4.69) is 9.11 Å². The number of hydrogen-bond acceptors (Lipinski definition) is 5. The van der Waals surface area contributed by atoms with E-state index in [4.69, 9.17) is 17.3 Å². The maximum Gasteiger partial charge on any atom is 0.344 e. The van der Waals surface area contributed by atoms with Gasteiger partial charge in [0.15, 0.2) is 5.15 Å². The van der Waals surface area contributed by atoms with Crippen LogP contribution in [0, 0.1) is 0 Å². The van der Waals surface area contributed by atoms with Crippen molar-refractivity contribution in [1.82, 2.24) is 4.37 Å². The molecular weight excluding hydrogens is 188 g/mol. The van der Waals surface area contributed by atoms with Crippen LogP contribution in [0.3, 0.4) is 0 Å². The fourth-order valence-corrected chi connectivity index (χ4v) is 1.45. The Morgan fingerprint density at radius 3 is 2.82 bits per heavy atom. The number of ether oxygens (including phenoxy) is 1. The fraction of sp³-hybridized carbons (Fsp3) is 0.200. The van der Waals surface area contributed by atoms with Crippen LogP contribution < -0.4 is 5.73 Å². The molecule has 1 aromatic heterocycles. The van der Waals surface area contributed by atoms with E-state index in [1.54, 1.807) is 0 Å². The van der Waals surface area contributed by atoms with Gasteiger partial charge in [-0.2, -0.15) is 4.37 Å². The molecule has 0 saturated carbocycles. The van der Waals surface area contributed by atoms with Crippen LogP contribution in [0.2, 0.25) is 5.15 Å². The van der Waals surface area contributed by atoms with Crippen LogP contribution in [0.5, 0.6) is 0 Å². The first-order chi connectivity index (χ1) is 5.16. The molecule has 1 heterocycles. The molecule has 0 aliphatic heterocycles. The Labute approximate surface area is 72.1 Å². The molecular formula is C5H5ClN2O2S. The molecule has 0 fully saturated rings. The Balaban J connectivity index is 3.10. The van der Waals surface area contributed by atoms with E-state index in [0.29, 0.717) is 0 Å². The van der Waals surface area contributed by atoms with Gasteiger partial charge in [0.1, 0.15) is 10.6 Å². The number of nitrogen functional groups attached to an aromatic ring is 1. The van der Waals surface area contributed by atoms with E-state index in [1.165, 1.54) is 7.11 Å². The van der Waals surface area contributed by atoms with E-state index in [1.807, 2.05) is 0 Å². The summed E-state index contributed by atoms with van der Waals surface area (Å²) in [6.07, 6.45) is 0. The van der Waals surface area contributed by atoms with Crippen LogP contribution >= 0.6 is 23.1 Å². The van der Waals surface area contributed by atoms with Gasteiger partial charge in [-0.15, -0.1) is 0 Å². The third-order valence-corrected chi connectivity index (χ3v) is 2.11. The highest BCUT2D eigenvalue weighted by molar-refractivity contribution is 7.10. The number of anilines is 1. The van der Waals surface area contributed by atoms with E-state index in [9.17, 15) is 4.79 Å². The van der Waals surface area contributed by atoms with Crippen LogP contribution in [0.15, 0.2) is 0 Å². The number of nitrogens with two attached hydrogens (primary N) is 1. The maximum atomic E-state index is 10.9. The third-order valence-electron chi connectivity index (χ3n) is 1.07. The lowest BCUT2D eigenvalue weighted by Crippen LogP contribution is -2.03. The summed E-state index contributed by atoms with van der Waals surface area (Å²) in [5, 5.41) is 0.376. The minimum absolute atomic E-state index is 0.0966. The second-order valence-electron chi connectivity index (χ2n) is 1.70. The van der Waals surface area contributed by atoms with Crippen LogP contribution in [0.25, 0.3) is 0 Å². The van der Waals surface area contributed by atoms with Crippen LogP contribution in [-0.4, -0.2) is 17.5 Å². The van der Waals surface area contributed by atoms with Crippen LogP contribution in [-0.2, 0) is 4.74 Å². The van der Waals surface area contributed by atoms with E-state index >= 15 is 0 Å². The van der Waals surface area contributed by atoms with Gasteiger partial charge in [0.05, 0.1) is 7.11 Å². The predicted octanol–water partition coefficient (Wildman–Crippen LogP) is 1.17. The second kappa shape index (κ2) is 3.06. The number of carbonyl (C=O) groups excluding carboxylic acids is 1. The fourth-order valence-electron chi connectivity index (χ4n) is 0.569. The largest absolute Gasteiger partial charge is 0.465 e. The molecule has 0 spiro atoms. The quantitative estimate of drug-likeness (QED) is 0.679. The third kappa shape index (κ3) is 1.44. The number of halogens is 1. The Kier molecular flexibility index (Phi) is 2.31. The lowest BCUT2D eigenvalue weighted by molar-refractivity contribution is 0.0602. The topological polar surface area (TPSA) is 65.2 Å². The molecule has 1 rings (SSSR count). The Morgan fingerprint density at radius 1 is 1.82 bits per heavy atom. The van der Waals surface area contributed by atoms with Crippen molar-refractivity contribution >= 4 is 34.1 Å². The minimum atomic E-state index is -0.554. The van der Waals surface area contributed by atoms with Crippen molar-refractivity contribution in [3.8, 4) is 0 Å². The summed E-state index contributed by atoms with van der Waals surface area (Å²) in [6, 6.07) is 0. The van der Waals surface area contributed by atoms with Gasteiger partial charge in [-0.05, 0) is 11.5 Å². The lowest BCUT2D eigenvalue weighted by Gasteiger charge is -1.95. The summed E-state index contributed by atoms with van der Waals surface area (Å²) in [5.74, 6) is -0.554. The molecule has 60 valence electrons. The molecule has 0 aliphatic carbocycles. The van der Waals surface area contributed by atoms with Crippen molar-refractivity contribution in [3.63, 3.8) is 0 Å². The molecule has 1 aromatic rings. The molecule has 11 heavy (non-hydrogen) atoms. The average molecular weight is 193 g/mol. The number of hydrogen-bond donors (Lipinski definition) is 1. The zero-order valence-electron chi connectivity index (χ0n) is 5.63. The molecule has 0 unspecified atom stereocenters. The van der Waals surface area contributed by atoms with Crippen LogP contribution in [0.1, 0.15) is 10.4 Å². The summed E-state index contributed by atoms with van der Waals surface area (Å²) in [4.78, 5) is 10.9. The molecule has 0 aliphatic rings. The van der Waals surface area contributed by atoms with Gasteiger partial charge in [0, 0.05) is 0 Å². The first kappa shape index (κ1) is 8.29. The molecule has 4 nitrogen and oxygen atoms in total. The van der Waals surface area contributed by atoms with Crippen molar-refractivity contribution in [3.05, 3.63) is 10.7 Å². The van der Waals surface area contributed by atoms with Gasteiger partial charge < -0.3 is 10.5 Å². The molecule has 0 radical (unpaired) electrons. The number of methoxy groups -OCH3 is 1. The molecule has 2 N–H and O–H groups in total. The number of rotatable bonds is 1. The highest BCUT2D eigenvalue weighted by Crippen LogP contribution is 2.25. The minimum Gasteiger partial charge on any atom is -0.465 e. The summed E-state index contributed by atoms with van der Waals surface area (Å²) in [7, 11) is 1.26. The van der Waals surface area contributed by atoms with Crippen molar-refractivity contribution in [2.45, 2.75) is 0 Å². The van der Waals surface area contributed by atoms with Gasteiger partial charge in [0.25, 0.3) is 0 Å². The van der Waals surface area contributed by atoms with Gasteiger partial charge in [-0.25, -0.2) is 4.79 Å². The molecule has 0 amide bonds. The van der Waals surface area contributed by atoms with Crippen molar-refractivity contribution in [1.29, 1.82) is 0 Å². The van der Waals surface area contributed by atoms with Gasteiger partial charge in [-0.3, -0.25) is 0 Å². The van der Waals surface area contributed by atoms with E-state index < -0.39 is 5.97 Å². The number of carbonyl (C=O) groups is 1. The Morgan fingerprint density at radius 2 is 2.45 bits per heavy atom. The molecule has 6 heteroatoms. The second-order valence-corrected chi connectivity index (χ2v) is 2.87. The van der Waals surface area contributed by atoms with Gasteiger partial charge in [-0.1, -0.05) is 11.6 Å². The normalized spacial score (nSPS) is 9.64. The molecule has 0 aromatic carbocycles. The maximum absolute atomic E-state index is 10.9. The Hall–Kier alpha value is -0.810. The molecule has 0 bridgehead atoms. The highest BCUT2D eigenvalue weighted by Gasteiger charge is 2.17. The molecule has 0 atom stereocenters. The standard InChI is InChI=1S/C5H5ClN2O2S/c1-10-5(9)2-3(6)8-11-4(2)7/h7H2,1H3. The summed E-state index contributed by atoms with van der Waals surface area (Å²) < 4.78 is 8.09. The summed E-state index contributed by atoms with van der Waals surface area (Å²) >= 11 is 6.51. The van der Waals surface area contributed by atoms with E-state index in [0.717, 1.165) is 11.5 Å². The first-order valence-electron chi connectivity index (χ1n) is 2.65. The van der Waals surface area contributed by atoms with Crippen molar-refractivity contribution < 1.29 is 9.53 Å². The van der Waals surface area contributed by atoms with E-state index in [-0.39, 0.29) is 15.7 Å². The lowest BCUT2D eigenvalue weighted by atomic mass is 10.3. The number of esters is 1. The van der Waals surface area contributed by atoms with Gasteiger partial charge in [0.2, 0.25) is 0 Å². The smallest absolute Gasteiger partial charge is 0.344 e. The number of aromatic nitrogens is 1. The first-order valence-corrected chi connectivity index (χ1v) is 3.81. The Bertz CT molecular complexity index is 267. The average Bonchev–Trinajstić information content (AvgIpc) is 2.30. The predicted molar refractivity (Wildman–Crippen MR) is 42.9 cm³/mol. The zero-order chi connectivity index (χ0) is 8.43. The summed E-state index contributed by atoms with van der Waals surface area (Å²) in [6.45, 7) is 0. The van der Waals surface area contributed by atoms with Crippen molar-refractivity contribution in [2.24, 2.45) is 0 Å². The summed E-state index contributed by atoms with van der Waals surface area (Å²) in [5.41, 5.74) is 5.54. The number of nitrogens with zero attached hydrogens (tertiary/aromatic N) is 1. The molecule has 0 saturated heterocycles. The van der Waals surface area contributed by atoms with Gasteiger partial charge >= 0.3 is 5.97 Å². The van der Waals surface area contributed by atoms with Crippen LogP contribution in [0.4, 0.5) is 5.00 Å². The zero-order valence-corrected chi connectivity index (χ0v) is 7.20.